The van der Waals surface area contributed by atoms with E-state index in [1.165, 1.54) is 24.5 Å². The lowest BCUT2D eigenvalue weighted by Crippen LogP contribution is -2.35. The van der Waals surface area contributed by atoms with Crippen LogP contribution in [0.15, 0.2) is 36.5 Å². The molecule has 2 aromatic rings. The first-order valence-electron chi connectivity index (χ1n) is 7.69. The van der Waals surface area contributed by atoms with E-state index in [2.05, 4.69) is 5.32 Å². The van der Waals surface area contributed by atoms with Gasteiger partial charge in [0, 0.05) is 30.4 Å². The fourth-order valence-corrected chi connectivity index (χ4v) is 2.40. The zero-order valence-electron chi connectivity index (χ0n) is 14.2. The Kier molecular flexibility index (Phi) is 5.98. The van der Waals surface area contributed by atoms with Gasteiger partial charge in [0.1, 0.15) is 5.69 Å². The predicted octanol–water partition coefficient (Wildman–Crippen LogP) is 2.74. The van der Waals surface area contributed by atoms with E-state index in [1.807, 2.05) is 6.07 Å². The van der Waals surface area contributed by atoms with Crippen LogP contribution >= 0.6 is 11.6 Å². The van der Waals surface area contributed by atoms with E-state index in [0.29, 0.717) is 10.6 Å². The third-order valence-corrected chi connectivity index (χ3v) is 4.05. The molecule has 0 aliphatic carbocycles. The Hall–Kier alpha value is -2.60. The summed E-state index contributed by atoms with van der Waals surface area (Å²) in [4.78, 5) is 35.7. The van der Waals surface area contributed by atoms with Gasteiger partial charge in [-0.15, -0.1) is 0 Å². The zero-order chi connectivity index (χ0) is 18.6. The lowest BCUT2D eigenvalue weighted by atomic mass is 10.2. The monoisotopic (exact) mass is 362 g/mol. The van der Waals surface area contributed by atoms with Crippen LogP contribution in [0.5, 0.6) is 0 Å². The van der Waals surface area contributed by atoms with Crippen molar-refractivity contribution in [1.82, 2.24) is 9.88 Å². The number of benzene rings is 1. The Morgan fingerprint density at radius 2 is 1.96 bits per heavy atom. The van der Waals surface area contributed by atoms with E-state index in [4.69, 9.17) is 16.3 Å². The SMILES string of the molecule is CC(=O)c1cc(C(=O)O[C@H](C)C(=O)NCc2ccccc2Cl)n(C)c1. The number of carbonyl (C=O) groups is 3. The van der Waals surface area contributed by atoms with Crippen molar-refractivity contribution >= 4 is 29.3 Å². The molecular formula is C18H19ClN2O4. The second-order valence-electron chi connectivity index (χ2n) is 5.64. The Balaban J connectivity index is 1.95. The van der Waals surface area contributed by atoms with E-state index in [1.54, 1.807) is 31.4 Å². The summed E-state index contributed by atoms with van der Waals surface area (Å²) < 4.78 is 6.67. The van der Waals surface area contributed by atoms with Gasteiger partial charge in [0.2, 0.25) is 0 Å². The number of esters is 1. The van der Waals surface area contributed by atoms with Gasteiger partial charge in [-0.05, 0) is 31.5 Å². The summed E-state index contributed by atoms with van der Waals surface area (Å²) in [5.74, 6) is -1.26. The molecule has 0 bridgehead atoms. The van der Waals surface area contributed by atoms with Gasteiger partial charge >= 0.3 is 5.97 Å². The smallest absolute Gasteiger partial charge is 0.355 e. The number of aryl methyl sites for hydroxylation is 1. The Labute approximate surface area is 150 Å². The lowest BCUT2D eigenvalue weighted by molar-refractivity contribution is -0.129. The maximum Gasteiger partial charge on any atom is 0.355 e. The van der Waals surface area contributed by atoms with Crippen molar-refractivity contribution < 1.29 is 19.1 Å². The summed E-state index contributed by atoms with van der Waals surface area (Å²) in [5.41, 5.74) is 1.38. The second kappa shape index (κ2) is 7.98. The molecule has 0 fully saturated rings. The molecule has 1 atom stereocenters. The molecule has 1 aromatic carbocycles. The Morgan fingerprint density at radius 1 is 1.28 bits per heavy atom. The van der Waals surface area contributed by atoms with Crippen LogP contribution in [0.25, 0.3) is 0 Å². The van der Waals surface area contributed by atoms with Gasteiger partial charge in [0.25, 0.3) is 5.91 Å². The number of carbonyl (C=O) groups excluding carboxylic acids is 3. The maximum absolute atomic E-state index is 12.2. The highest BCUT2D eigenvalue weighted by Gasteiger charge is 2.21. The number of hydrogen-bond acceptors (Lipinski definition) is 4. The van der Waals surface area contributed by atoms with Gasteiger partial charge in [0.05, 0.1) is 0 Å². The molecule has 0 saturated heterocycles. The topological polar surface area (TPSA) is 77.4 Å². The molecule has 1 heterocycles. The lowest BCUT2D eigenvalue weighted by Gasteiger charge is -2.14. The molecule has 6 nitrogen and oxygen atoms in total. The normalized spacial score (nSPS) is 11.7. The molecule has 2 rings (SSSR count). The molecule has 0 radical (unpaired) electrons. The van der Waals surface area contributed by atoms with Crippen molar-refractivity contribution in [2.75, 3.05) is 0 Å². The standard InChI is InChI=1S/C18H19ClN2O4/c1-11(22)14-8-16(21(3)10-14)18(24)25-12(2)17(23)20-9-13-6-4-5-7-15(13)19/h4-8,10,12H,9H2,1-3H3,(H,20,23)/t12-/m1/s1. The van der Waals surface area contributed by atoms with Crippen LogP contribution in [0, 0.1) is 0 Å². The molecule has 0 saturated carbocycles. The number of amides is 1. The predicted molar refractivity (Wildman–Crippen MR) is 93.6 cm³/mol. The number of hydrogen-bond donors (Lipinski definition) is 1. The highest BCUT2D eigenvalue weighted by molar-refractivity contribution is 6.31. The molecule has 1 N–H and O–H groups in total. The van der Waals surface area contributed by atoms with Crippen molar-refractivity contribution in [3.8, 4) is 0 Å². The highest BCUT2D eigenvalue weighted by Crippen LogP contribution is 2.14. The first-order chi connectivity index (χ1) is 11.8. The van der Waals surface area contributed by atoms with Gasteiger partial charge < -0.3 is 14.6 Å². The van der Waals surface area contributed by atoms with Crippen molar-refractivity contribution in [2.24, 2.45) is 7.05 Å². The number of ether oxygens (including phenoxy) is 1. The summed E-state index contributed by atoms with van der Waals surface area (Å²) in [7, 11) is 1.63. The quantitative estimate of drug-likeness (QED) is 0.633. The van der Waals surface area contributed by atoms with Gasteiger partial charge in [-0.2, -0.15) is 0 Å². The number of halogens is 1. The number of ketones is 1. The number of aromatic nitrogens is 1. The van der Waals surface area contributed by atoms with Gasteiger partial charge in [-0.1, -0.05) is 29.8 Å². The van der Waals surface area contributed by atoms with Crippen molar-refractivity contribution in [2.45, 2.75) is 26.5 Å². The molecule has 132 valence electrons. The highest BCUT2D eigenvalue weighted by atomic mass is 35.5. The summed E-state index contributed by atoms with van der Waals surface area (Å²) >= 11 is 6.03. The molecule has 0 aliphatic heterocycles. The minimum Gasteiger partial charge on any atom is -0.448 e. The molecule has 7 heteroatoms. The molecule has 0 spiro atoms. The van der Waals surface area contributed by atoms with Gasteiger partial charge in [-0.3, -0.25) is 9.59 Å². The Morgan fingerprint density at radius 3 is 2.56 bits per heavy atom. The molecular weight excluding hydrogens is 344 g/mol. The first kappa shape index (κ1) is 18.7. The summed E-state index contributed by atoms with van der Waals surface area (Å²) in [5, 5.41) is 3.22. The van der Waals surface area contributed by atoms with Gasteiger partial charge in [0.15, 0.2) is 11.9 Å². The van der Waals surface area contributed by atoms with Crippen molar-refractivity contribution in [3.63, 3.8) is 0 Å². The van der Waals surface area contributed by atoms with Crippen molar-refractivity contribution in [1.29, 1.82) is 0 Å². The van der Waals surface area contributed by atoms with E-state index >= 15 is 0 Å². The third kappa shape index (κ3) is 4.70. The van der Waals surface area contributed by atoms with Crippen LogP contribution in [0.2, 0.25) is 5.02 Å². The minimum atomic E-state index is -0.981. The molecule has 0 unspecified atom stereocenters. The fourth-order valence-electron chi connectivity index (χ4n) is 2.20. The summed E-state index contributed by atoms with van der Waals surface area (Å²) in [6.07, 6.45) is 0.562. The summed E-state index contributed by atoms with van der Waals surface area (Å²) in [6.45, 7) is 3.13. The first-order valence-corrected chi connectivity index (χ1v) is 8.06. The van der Waals surface area contributed by atoms with Crippen LogP contribution in [0.4, 0.5) is 0 Å². The molecule has 25 heavy (non-hydrogen) atoms. The number of rotatable bonds is 6. The Bertz CT molecular complexity index is 813. The number of nitrogens with zero attached hydrogens (tertiary/aromatic N) is 1. The van der Waals surface area contributed by atoms with Gasteiger partial charge in [-0.25, -0.2) is 4.79 Å². The van der Waals surface area contributed by atoms with E-state index in [9.17, 15) is 14.4 Å². The van der Waals surface area contributed by atoms with Crippen LogP contribution < -0.4 is 5.32 Å². The molecule has 1 amide bonds. The average Bonchev–Trinajstić information content (AvgIpc) is 2.96. The number of Topliss-reactive ketones (excluding diaryl/α,β-unsaturated/α-hetero) is 1. The fraction of sp³-hybridized carbons (Fsp3) is 0.278. The van der Waals surface area contributed by atoms with Crippen LogP contribution in [0.3, 0.4) is 0 Å². The molecule has 0 aliphatic rings. The second-order valence-corrected chi connectivity index (χ2v) is 6.05. The van der Waals surface area contributed by atoms with E-state index < -0.39 is 18.0 Å². The average molecular weight is 363 g/mol. The minimum absolute atomic E-state index is 0.153. The van der Waals surface area contributed by atoms with E-state index in [0.717, 1.165) is 5.56 Å². The third-order valence-electron chi connectivity index (χ3n) is 3.68. The van der Waals surface area contributed by atoms with E-state index in [-0.39, 0.29) is 18.0 Å². The summed E-state index contributed by atoms with van der Waals surface area (Å²) in [6, 6.07) is 8.59. The molecule has 1 aromatic heterocycles. The van der Waals surface area contributed by atoms with Crippen molar-refractivity contribution in [3.05, 3.63) is 58.4 Å². The zero-order valence-corrected chi connectivity index (χ0v) is 15.0. The largest absolute Gasteiger partial charge is 0.448 e. The van der Waals surface area contributed by atoms with Crippen LogP contribution in [-0.4, -0.2) is 28.3 Å². The van der Waals surface area contributed by atoms with Crippen LogP contribution in [-0.2, 0) is 23.1 Å². The maximum atomic E-state index is 12.2. The number of nitrogens with one attached hydrogen (secondary N) is 1. The van der Waals surface area contributed by atoms with Crippen LogP contribution in [0.1, 0.15) is 40.3 Å².